The van der Waals surface area contributed by atoms with Crippen LogP contribution in [-0.2, 0) is 4.79 Å². The Labute approximate surface area is 123 Å². The van der Waals surface area contributed by atoms with Crippen LogP contribution >= 0.6 is 0 Å². The molecule has 0 spiro atoms. The summed E-state index contributed by atoms with van der Waals surface area (Å²) in [6.45, 7) is 6.58. The Balaban J connectivity index is 2.19. The highest BCUT2D eigenvalue weighted by Crippen LogP contribution is 2.29. The molecule has 0 aromatic heterocycles. The number of nitrogens with one attached hydrogen (secondary N) is 1. The lowest BCUT2D eigenvalue weighted by molar-refractivity contribution is -0.118. The third-order valence-corrected chi connectivity index (χ3v) is 2.94. The zero-order valence-corrected chi connectivity index (χ0v) is 11.9. The van der Waals surface area contributed by atoms with Crippen molar-refractivity contribution in [3.63, 3.8) is 0 Å². The molecule has 0 bridgehead atoms. The number of carbonyl (C=O) groups is 2. The standard InChI is InChI=1S/C15H18N2O4/c1-3-7-21-12-6-5-11(8-13(12)20-4-2)15(19)17-9-14(18)16-10-17/h3,5-6,8H,1,4,7,9-10H2,2H3,(H,16,18). The summed E-state index contributed by atoms with van der Waals surface area (Å²) in [5.74, 6) is 0.691. The second-order valence-corrected chi connectivity index (χ2v) is 4.46. The van der Waals surface area contributed by atoms with Gasteiger partial charge in [0, 0.05) is 5.56 Å². The molecule has 21 heavy (non-hydrogen) atoms. The first-order chi connectivity index (χ1) is 10.2. The van der Waals surface area contributed by atoms with Crippen LogP contribution < -0.4 is 14.8 Å². The van der Waals surface area contributed by atoms with E-state index in [9.17, 15) is 9.59 Å². The Morgan fingerprint density at radius 2 is 2.24 bits per heavy atom. The number of hydrogen-bond donors (Lipinski definition) is 1. The quantitative estimate of drug-likeness (QED) is 0.799. The van der Waals surface area contributed by atoms with Gasteiger partial charge in [0.15, 0.2) is 11.5 Å². The summed E-state index contributed by atoms with van der Waals surface area (Å²) >= 11 is 0. The molecule has 2 rings (SSSR count). The molecule has 1 aromatic carbocycles. The molecule has 1 saturated heterocycles. The second-order valence-electron chi connectivity index (χ2n) is 4.46. The molecule has 1 aliphatic rings. The van der Waals surface area contributed by atoms with Crippen molar-refractivity contribution in [1.82, 2.24) is 10.2 Å². The molecular weight excluding hydrogens is 272 g/mol. The van der Waals surface area contributed by atoms with Crippen LogP contribution in [-0.4, -0.2) is 43.1 Å². The van der Waals surface area contributed by atoms with Crippen molar-refractivity contribution in [2.45, 2.75) is 6.92 Å². The van der Waals surface area contributed by atoms with Gasteiger partial charge in [-0.2, -0.15) is 0 Å². The highest BCUT2D eigenvalue weighted by Gasteiger charge is 2.25. The number of rotatable bonds is 6. The van der Waals surface area contributed by atoms with E-state index in [-0.39, 0.29) is 25.0 Å². The minimum Gasteiger partial charge on any atom is -0.490 e. The van der Waals surface area contributed by atoms with E-state index in [1.54, 1.807) is 24.3 Å². The van der Waals surface area contributed by atoms with Crippen LogP contribution in [0.2, 0.25) is 0 Å². The Kier molecular flexibility index (Phi) is 4.81. The first-order valence-corrected chi connectivity index (χ1v) is 6.72. The van der Waals surface area contributed by atoms with Crippen molar-refractivity contribution in [3.8, 4) is 11.5 Å². The van der Waals surface area contributed by atoms with Crippen LogP contribution in [0.4, 0.5) is 0 Å². The summed E-state index contributed by atoms with van der Waals surface area (Å²) in [4.78, 5) is 24.9. The maximum Gasteiger partial charge on any atom is 0.255 e. The molecule has 1 heterocycles. The summed E-state index contributed by atoms with van der Waals surface area (Å²) in [7, 11) is 0. The monoisotopic (exact) mass is 290 g/mol. The third kappa shape index (κ3) is 3.53. The van der Waals surface area contributed by atoms with Gasteiger partial charge in [-0.15, -0.1) is 0 Å². The third-order valence-electron chi connectivity index (χ3n) is 2.94. The maximum atomic E-state index is 12.3. The number of amides is 2. The number of carbonyl (C=O) groups excluding carboxylic acids is 2. The summed E-state index contributed by atoms with van der Waals surface area (Å²) in [6, 6.07) is 4.98. The van der Waals surface area contributed by atoms with Gasteiger partial charge in [-0.1, -0.05) is 12.7 Å². The van der Waals surface area contributed by atoms with E-state index in [0.717, 1.165) is 0 Å². The minimum absolute atomic E-state index is 0.0809. The average molecular weight is 290 g/mol. The van der Waals surface area contributed by atoms with Crippen LogP contribution in [0, 0.1) is 0 Å². The van der Waals surface area contributed by atoms with Crippen molar-refractivity contribution in [2.24, 2.45) is 0 Å². The lowest BCUT2D eigenvalue weighted by Gasteiger charge is -2.16. The predicted octanol–water partition coefficient (Wildman–Crippen LogP) is 1.18. The summed E-state index contributed by atoms with van der Waals surface area (Å²) in [6.07, 6.45) is 1.64. The fourth-order valence-corrected chi connectivity index (χ4v) is 1.97. The second kappa shape index (κ2) is 6.78. The summed E-state index contributed by atoms with van der Waals surface area (Å²) in [5, 5.41) is 2.60. The molecular formula is C15H18N2O4. The first-order valence-electron chi connectivity index (χ1n) is 6.72. The molecule has 0 unspecified atom stereocenters. The van der Waals surface area contributed by atoms with Crippen molar-refractivity contribution < 1.29 is 19.1 Å². The molecule has 1 N–H and O–H groups in total. The zero-order chi connectivity index (χ0) is 15.2. The molecule has 112 valence electrons. The molecule has 0 radical (unpaired) electrons. The summed E-state index contributed by atoms with van der Waals surface area (Å²) in [5.41, 5.74) is 0.459. The number of ether oxygens (including phenoxy) is 2. The molecule has 1 fully saturated rings. The largest absolute Gasteiger partial charge is 0.490 e. The van der Waals surface area contributed by atoms with Crippen LogP contribution in [0.25, 0.3) is 0 Å². The highest BCUT2D eigenvalue weighted by molar-refractivity contribution is 5.98. The number of nitrogens with zero attached hydrogens (tertiary/aromatic N) is 1. The van der Waals surface area contributed by atoms with Gasteiger partial charge in [0.2, 0.25) is 5.91 Å². The normalized spacial score (nSPS) is 13.8. The van der Waals surface area contributed by atoms with E-state index in [1.165, 1.54) is 4.90 Å². The molecule has 2 amide bonds. The average Bonchev–Trinajstić information content (AvgIpc) is 2.92. The lowest BCUT2D eigenvalue weighted by atomic mass is 10.1. The fourth-order valence-electron chi connectivity index (χ4n) is 1.97. The SMILES string of the molecule is C=CCOc1ccc(C(=O)N2CNC(=O)C2)cc1OCC. The predicted molar refractivity (Wildman–Crippen MR) is 77.3 cm³/mol. The molecule has 6 heteroatoms. The van der Waals surface area contributed by atoms with Gasteiger partial charge >= 0.3 is 0 Å². The van der Waals surface area contributed by atoms with E-state index in [4.69, 9.17) is 9.47 Å². The van der Waals surface area contributed by atoms with Gasteiger partial charge in [0.05, 0.1) is 13.3 Å². The van der Waals surface area contributed by atoms with E-state index in [1.807, 2.05) is 6.92 Å². The van der Waals surface area contributed by atoms with Crippen LogP contribution in [0.1, 0.15) is 17.3 Å². The minimum atomic E-state index is -0.218. The molecule has 1 aliphatic heterocycles. The van der Waals surface area contributed by atoms with Crippen LogP contribution in [0.15, 0.2) is 30.9 Å². The topological polar surface area (TPSA) is 67.9 Å². The molecule has 0 saturated carbocycles. The number of hydrogen-bond acceptors (Lipinski definition) is 4. The Morgan fingerprint density at radius 3 is 2.86 bits per heavy atom. The molecule has 0 aliphatic carbocycles. The maximum absolute atomic E-state index is 12.3. The van der Waals surface area contributed by atoms with Crippen molar-refractivity contribution in [2.75, 3.05) is 26.4 Å². The van der Waals surface area contributed by atoms with Crippen LogP contribution in [0.3, 0.4) is 0 Å². The van der Waals surface area contributed by atoms with Gasteiger partial charge < -0.3 is 19.7 Å². The van der Waals surface area contributed by atoms with E-state index in [0.29, 0.717) is 30.3 Å². The molecule has 0 atom stereocenters. The van der Waals surface area contributed by atoms with Crippen molar-refractivity contribution in [3.05, 3.63) is 36.4 Å². The van der Waals surface area contributed by atoms with Gasteiger partial charge in [0.25, 0.3) is 5.91 Å². The summed E-state index contributed by atoms with van der Waals surface area (Å²) < 4.78 is 11.0. The van der Waals surface area contributed by atoms with E-state index >= 15 is 0 Å². The van der Waals surface area contributed by atoms with Gasteiger partial charge in [-0.3, -0.25) is 9.59 Å². The van der Waals surface area contributed by atoms with Gasteiger partial charge in [0.1, 0.15) is 13.2 Å². The Hall–Kier alpha value is -2.50. The van der Waals surface area contributed by atoms with Gasteiger partial charge in [-0.05, 0) is 25.1 Å². The molecule has 6 nitrogen and oxygen atoms in total. The van der Waals surface area contributed by atoms with E-state index < -0.39 is 0 Å². The van der Waals surface area contributed by atoms with Crippen LogP contribution in [0.5, 0.6) is 11.5 Å². The first kappa shape index (κ1) is 14.9. The lowest BCUT2D eigenvalue weighted by Crippen LogP contribution is -2.29. The smallest absolute Gasteiger partial charge is 0.255 e. The molecule has 1 aromatic rings. The Bertz CT molecular complexity index is 557. The van der Waals surface area contributed by atoms with E-state index in [2.05, 4.69) is 11.9 Å². The zero-order valence-electron chi connectivity index (χ0n) is 11.9. The fraction of sp³-hybridized carbons (Fsp3) is 0.333. The Morgan fingerprint density at radius 1 is 1.43 bits per heavy atom. The van der Waals surface area contributed by atoms with Gasteiger partial charge in [-0.25, -0.2) is 0 Å². The number of benzene rings is 1. The van der Waals surface area contributed by atoms with Crippen molar-refractivity contribution in [1.29, 1.82) is 0 Å². The highest BCUT2D eigenvalue weighted by atomic mass is 16.5. The van der Waals surface area contributed by atoms with Crippen molar-refractivity contribution >= 4 is 11.8 Å².